The number of likely N-dealkylation sites (tertiary alicyclic amines) is 1. The molecule has 2 aromatic heterocycles. The van der Waals surface area contributed by atoms with Gasteiger partial charge in [-0.25, -0.2) is 9.50 Å². The van der Waals surface area contributed by atoms with Crippen molar-refractivity contribution < 1.29 is 14.3 Å². The van der Waals surface area contributed by atoms with Crippen LogP contribution in [0.25, 0.3) is 16.8 Å². The third-order valence-electron chi connectivity index (χ3n) is 7.35. The third-order valence-corrected chi connectivity index (χ3v) is 7.56. The number of nitrogens with one attached hydrogen (secondary N) is 2. The molecule has 1 aromatic carbocycles. The second kappa shape index (κ2) is 9.46. The zero-order valence-corrected chi connectivity index (χ0v) is 21.7. The Balaban J connectivity index is 0.000000391. The number of aryl methyl sites for hydroxylation is 1. The molecule has 190 valence electrons. The van der Waals surface area contributed by atoms with Crippen LogP contribution in [0.15, 0.2) is 30.7 Å². The molecule has 2 amide bonds. The van der Waals surface area contributed by atoms with Gasteiger partial charge >= 0.3 is 0 Å². The normalized spacial score (nSPS) is 22.3. The monoisotopic (exact) mass is 510 g/mol. The first-order valence-corrected chi connectivity index (χ1v) is 12.6. The number of aromatic nitrogens is 3. The molecule has 0 spiro atoms. The number of nitrogens with zero attached hydrogens (tertiary/aromatic N) is 4. The number of anilines is 1. The van der Waals surface area contributed by atoms with Crippen molar-refractivity contribution in [1.29, 1.82) is 0 Å². The number of hydrogen-bond donors (Lipinski definition) is 2. The molecular weight excluding hydrogens is 480 g/mol. The van der Waals surface area contributed by atoms with Gasteiger partial charge in [0.25, 0.3) is 0 Å². The molecule has 2 N–H and O–H groups in total. The highest BCUT2D eigenvalue weighted by Gasteiger charge is 2.72. The molecule has 6 rings (SSSR count). The van der Waals surface area contributed by atoms with Gasteiger partial charge in [-0.05, 0) is 41.7 Å². The van der Waals surface area contributed by atoms with E-state index in [2.05, 4.69) is 20.7 Å². The van der Waals surface area contributed by atoms with Crippen molar-refractivity contribution in [3.63, 3.8) is 0 Å². The molecule has 9 nitrogen and oxygen atoms in total. The van der Waals surface area contributed by atoms with Gasteiger partial charge < -0.3 is 15.4 Å². The van der Waals surface area contributed by atoms with E-state index in [0.717, 1.165) is 59.9 Å². The number of imide groups is 1. The van der Waals surface area contributed by atoms with E-state index in [1.54, 1.807) is 4.52 Å². The SMILES string of the molecule is C1COCCN1.CNc1c(C)cc(Cl)cc1-c1ncnn2cc(CN3C(=O)C4C(C3=O)C4(C)C)cc12. The second-order valence-electron chi connectivity index (χ2n) is 10.1. The number of hydrogen-bond acceptors (Lipinski definition) is 7. The molecule has 4 heterocycles. The van der Waals surface area contributed by atoms with Gasteiger partial charge in [0.15, 0.2) is 0 Å². The van der Waals surface area contributed by atoms with Gasteiger partial charge in [-0.1, -0.05) is 25.4 Å². The van der Waals surface area contributed by atoms with Crippen LogP contribution in [0.1, 0.15) is 25.0 Å². The lowest BCUT2D eigenvalue weighted by atomic mass is 10.0. The lowest BCUT2D eigenvalue weighted by molar-refractivity contribution is -0.143. The Labute approximate surface area is 215 Å². The Morgan fingerprint density at radius 3 is 2.44 bits per heavy atom. The number of halogens is 1. The minimum absolute atomic E-state index is 0.0699. The number of morpholine rings is 1. The van der Waals surface area contributed by atoms with Crippen LogP contribution in [-0.2, 0) is 20.9 Å². The highest BCUT2D eigenvalue weighted by molar-refractivity contribution is 6.31. The molecule has 1 saturated carbocycles. The first kappa shape index (κ1) is 24.7. The van der Waals surface area contributed by atoms with Gasteiger partial charge in [0.2, 0.25) is 11.8 Å². The lowest BCUT2D eigenvalue weighted by Crippen LogP contribution is -2.35. The fourth-order valence-corrected chi connectivity index (χ4v) is 5.67. The van der Waals surface area contributed by atoms with Crippen molar-refractivity contribution in [1.82, 2.24) is 24.8 Å². The Bertz CT molecular complexity index is 1300. The van der Waals surface area contributed by atoms with Crippen LogP contribution in [0.5, 0.6) is 0 Å². The number of carbonyl (C=O) groups is 2. The molecule has 2 atom stereocenters. The smallest absolute Gasteiger partial charge is 0.233 e. The van der Waals surface area contributed by atoms with Crippen LogP contribution >= 0.6 is 11.6 Å². The summed E-state index contributed by atoms with van der Waals surface area (Å²) in [7, 11) is 1.86. The molecular formula is C26H31ClN6O3. The molecule has 2 saturated heterocycles. The summed E-state index contributed by atoms with van der Waals surface area (Å²) in [5.41, 5.74) is 4.97. The molecule has 36 heavy (non-hydrogen) atoms. The number of piperidine rings is 1. The van der Waals surface area contributed by atoms with Gasteiger partial charge in [-0.15, -0.1) is 0 Å². The van der Waals surface area contributed by atoms with E-state index in [9.17, 15) is 9.59 Å². The maximum absolute atomic E-state index is 12.7. The number of carbonyl (C=O) groups excluding carboxylic acids is 2. The Morgan fingerprint density at radius 2 is 1.86 bits per heavy atom. The van der Waals surface area contributed by atoms with E-state index in [0.29, 0.717) is 5.02 Å². The van der Waals surface area contributed by atoms with Gasteiger partial charge in [-0.2, -0.15) is 5.10 Å². The Morgan fingerprint density at radius 1 is 1.17 bits per heavy atom. The fourth-order valence-electron chi connectivity index (χ4n) is 5.40. The average Bonchev–Trinajstić information content (AvgIpc) is 3.11. The Hall–Kier alpha value is -3.01. The summed E-state index contributed by atoms with van der Waals surface area (Å²) in [5.74, 6) is -0.492. The van der Waals surface area contributed by atoms with E-state index in [1.807, 2.05) is 52.2 Å². The van der Waals surface area contributed by atoms with Crippen LogP contribution in [0.4, 0.5) is 5.69 Å². The lowest BCUT2D eigenvalue weighted by Gasteiger charge is -2.19. The summed E-state index contributed by atoms with van der Waals surface area (Å²) in [6.45, 7) is 10.0. The third kappa shape index (κ3) is 4.25. The predicted molar refractivity (Wildman–Crippen MR) is 138 cm³/mol. The van der Waals surface area contributed by atoms with Gasteiger partial charge in [0.1, 0.15) is 6.33 Å². The van der Waals surface area contributed by atoms with Crippen LogP contribution in [-0.4, -0.2) is 64.7 Å². The standard InChI is InChI=1S/C22H22ClN5O2.C4H9NO/c1-11-5-13(23)7-14(18(11)24-4)19-15-6-12(9-28(15)26-10-25-19)8-27-20(29)16-17(21(27)30)22(16,2)3;1-3-6-4-2-5-1/h5-7,9-10,16-17,24H,8H2,1-4H3;5H,1-4H2. The Kier molecular flexibility index (Phi) is 6.48. The molecule has 3 fully saturated rings. The zero-order valence-electron chi connectivity index (χ0n) is 21.0. The van der Waals surface area contributed by atoms with Crippen molar-refractivity contribution in [3.05, 3.63) is 46.9 Å². The van der Waals surface area contributed by atoms with E-state index in [-0.39, 0.29) is 35.6 Å². The van der Waals surface area contributed by atoms with Crippen LogP contribution < -0.4 is 10.6 Å². The minimum atomic E-state index is -0.206. The number of amides is 2. The quantitative estimate of drug-likeness (QED) is 0.520. The number of benzene rings is 1. The molecule has 0 bridgehead atoms. The average molecular weight is 511 g/mol. The maximum Gasteiger partial charge on any atom is 0.233 e. The summed E-state index contributed by atoms with van der Waals surface area (Å²) < 4.78 is 6.73. The van der Waals surface area contributed by atoms with Crippen molar-refractivity contribution in [2.24, 2.45) is 17.3 Å². The van der Waals surface area contributed by atoms with Crippen LogP contribution in [0.2, 0.25) is 5.02 Å². The number of fused-ring (bicyclic) bond motifs is 2. The minimum Gasteiger partial charge on any atom is -0.387 e. The molecule has 2 aliphatic heterocycles. The second-order valence-corrected chi connectivity index (χ2v) is 10.5. The van der Waals surface area contributed by atoms with Crippen LogP contribution in [0.3, 0.4) is 0 Å². The summed E-state index contributed by atoms with van der Waals surface area (Å²) in [5, 5.41) is 11.3. The van der Waals surface area contributed by atoms with Crippen molar-refractivity contribution >= 4 is 34.6 Å². The van der Waals surface area contributed by atoms with E-state index >= 15 is 0 Å². The molecule has 1 aliphatic carbocycles. The number of rotatable bonds is 4. The summed E-state index contributed by atoms with van der Waals surface area (Å²) >= 11 is 6.31. The maximum atomic E-state index is 12.7. The van der Waals surface area contributed by atoms with Crippen molar-refractivity contribution in [2.45, 2.75) is 27.3 Å². The molecule has 3 aliphatic rings. The molecule has 2 unspecified atom stereocenters. The first-order chi connectivity index (χ1) is 17.2. The first-order valence-electron chi connectivity index (χ1n) is 12.2. The zero-order chi connectivity index (χ0) is 25.6. The number of ether oxygens (including phenoxy) is 1. The van der Waals surface area contributed by atoms with Gasteiger partial charge in [-0.3, -0.25) is 14.5 Å². The predicted octanol–water partition coefficient (Wildman–Crippen LogP) is 3.15. The molecule has 3 aromatic rings. The highest BCUT2D eigenvalue weighted by Crippen LogP contribution is 2.63. The largest absolute Gasteiger partial charge is 0.387 e. The van der Waals surface area contributed by atoms with Gasteiger partial charge in [0, 0.05) is 42.6 Å². The molecule has 0 radical (unpaired) electrons. The highest BCUT2D eigenvalue weighted by atomic mass is 35.5. The van der Waals surface area contributed by atoms with E-state index in [4.69, 9.17) is 16.3 Å². The summed E-state index contributed by atoms with van der Waals surface area (Å²) in [6, 6.07) is 5.70. The van der Waals surface area contributed by atoms with E-state index < -0.39 is 0 Å². The van der Waals surface area contributed by atoms with Crippen molar-refractivity contribution in [3.8, 4) is 11.3 Å². The van der Waals surface area contributed by atoms with E-state index in [1.165, 1.54) is 11.2 Å². The van der Waals surface area contributed by atoms with Crippen LogP contribution in [0, 0.1) is 24.2 Å². The van der Waals surface area contributed by atoms with Crippen molar-refractivity contribution in [2.75, 3.05) is 38.7 Å². The summed E-state index contributed by atoms with van der Waals surface area (Å²) in [4.78, 5) is 31.3. The summed E-state index contributed by atoms with van der Waals surface area (Å²) in [6.07, 6.45) is 3.33. The fraction of sp³-hybridized carbons (Fsp3) is 0.462. The topological polar surface area (TPSA) is 101 Å². The molecule has 10 heteroatoms. The van der Waals surface area contributed by atoms with Gasteiger partial charge in [0.05, 0.1) is 42.8 Å².